The third kappa shape index (κ3) is 4.12. The first kappa shape index (κ1) is 19.1. The van der Waals surface area contributed by atoms with Gasteiger partial charge in [-0.1, -0.05) is 29.4 Å². The van der Waals surface area contributed by atoms with Crippen LogP contribution in [0, 0.1) is 12.7 Å². The van der Waals surface area contributed by atoms with Gasteiger partial charge in [-0.25, -0.2) is 9.07 Å². The van der Waals surface area contributed by atoms with Gasteiger partial charge in [0.05, 0.1) is 17.4 Å². The lowest BCUT2D eigenvalue weighted by molar-refractivity contribution is 0.241. The molecule has 0 fully saturated rings. The standard InChI is InChI=1S/C23H23FN4O/c1-16-6-4-9-21(12-16)28-15-19(14-27(3)17(2)22-10-11-29-26-22)23(25-28)18-7-5-8-20(24)13-18/h4-13,15,17H,14H2,1-3H3/t17-/m0/s1. The predicted molar refractivity (Wildman–Crippen MR) is 110 cm³/mol. The van der Waals surface area contributed by atoms with Gasteiger partial charge in [0.25, 0.3) is 0 Å². The van der Waals surface area contributed by atoms with Crippen LogP contribution in [0.2, 0.25) is 0 Å². The van der Waals surface area contributed by atoms with Crippen molar-refractivity contribution in [3.63, 3.8) is 0 Å². The highest BCUT2D eigenvalue weighted by Gasteiger charge is 2.19. The molecule has 0 radical (unpaired) electrons. The van der Waals surface area contributed by atoms with Gasteiger partial charge in [0.1, 0.15) is 17.8 Å². The highest BCUT2D eigenvalue weighted by atomic mass is 19.1. The molecule has 1 atom stereocenters. The van der Waals surface area contributed by atoms with Crippen molar-refractivity contribution in [2.45, 2.75) is 26.4 Å². The number of aromatic nitrogens is 3. The van der Waals surface area contributed by atoms with Crippen LogP contribution >= 0.6 is 0 Å². The van der Waals surface area contributed by atoms with Crippen LogP contribution in [0.5, 0.6) is 0 Å². The van der Waals surface area contributed by atoms with Gasteiger partial charge in [0.15, 0.2) is 0 Å². The fourth-order valence-electron chi connectivity index (χ4n) is 3.38. The van der Waals surface area contributed by atoms with E-state index in [1.54, 1.807) is 12.3 Å². The minimum atomic E-state index is -0.275. The quantitative estimate of drug-likeness (QED) is 0.456. The number of hydrogen-bond acceptors (Lipinski definition) is 4. The van der Waals surface area contributed by atoms with Crippen molar-refractivity contribution < 1.29 is 8.91 Å². The second-order valence-corrected chi connectivity index (χ2v) is 7.31. The van der Waals surface area contributed by atoms with E-state index in [1.807, 2.05) is 42.2 Å². The number of nitrogens with zero attached hydrogens (tertiary/aromatic N) is 4. The van der Waals surface area contributed by atoms with Gasteiger partial charge in [0.2, 0.25) is 0 Å². The third-order valence-corrected chi connectivity index (χ3v) is 5.12. The van der Waals surface area contributed by atoms with E-state index in [9.17, 15) is 4.39 Å². The fourth-order valence-corrected chi connectivity index (χ4v) is 3.38. The molecule has 4 rings (SSSR count). The lowest BCUT2D eigenvalue weighted by Gasteiger charge is -2.22. The summed E-state index contributed by atoms with van der Waals surface area (Å²) >= 11 is 0. The van der Waals surface area contributed by atoms with Gasteiger partial charge in [-0.3, -0.25) is 4.90 Å². The second kappa shape index (κ2) is 8.01. The topological polar surface area (TPSA) is 47.1 Å². The number of hydrogen-bond donors (Lipinski definition) is 0. The van der Waals surface area contributed by atoms with E-state index in [-0.39, 0.29) is 11.9 Å². The molecule has 0 N–H and O–H groups in total. The largest absolute Gasteiger partial charge is 0.364 e. The van der Waals surface area contributed by atoms with E-state index in [2.05, 4.69) is 36.0 Å². The van der Waals surface area contributed by atoms with E-state index < -0.39 is 0 Å². The summed E-state index contributed by atoms with van der Waals surface area (Å²) in [7, 11) is 2.03. The van der Waals surface area contributed by atoms with Gasteiger partial charge in [-0.2, -0.15) is 5.10 Å². The summed E-state index contributed by atoms with van der Waals surface area (Å²) < 4.78 is 20.7. The molecular formula is C23H23FN4O. The Morgan fingerprint density at radius 3 is 2.69 bits per heavy atom. The zero-order chi connectivity index (χ0) is 20.4. The SMILES string of the molecule is Cc1cccc(-n2cc(CN(C)[C@@H](C)c3ccon3)c(-c3cccc(F)c3)n2)c1. The van der Waals surface area contributed by atoms with Crippen molar-refractivity contribution in [2.75, 3.05) is 7.05 Å². The minimum absolute atomic E-state index is 0.0661. The molecule has 2 heterocycles. The number of halogens is 1. The van der Waals surface area contributed by atoms with Crippen molar-refractivity contribution in [3.8, 4) is 16.9 Å². The Morgan fingerprint density at radius 1 is 1.14 bits per heavy atom. The molecule has 0 spiro atoms. The van der Waals surface area contributed by atoms with Crippen molar-refractivity contribution in [3.05, 3.63) is 89.7 Å². The van der Waals surface area contributed by atoms with E-state index in [1.165, 1.54) is 12.1 Å². The highest BCUT2D eigenvalue weighted by Crippen LogP contribution is 2.28. The fraction of sp³-hybridized carbons (Fsp3) is 0.217. The molecule has 0 aliphatic heterocycles. The molecule has 0 bridgehead atoms. The minimum Gasteiger partial charge on any atom is -0.364 e. The van der Waals surface area contributed by atoms with Gasteiger partial charge in [0, 0.05) is 29.9 Å². The molecule has 0 amide bonds. The molecule has 29 heavy (non-hydrogen) atoms. The molecule has 148 valence electrons. The van der Waals surface area contributed by atoms with Crippen LogP contribution < -0.4 is 0 Å². The van der Waals surface area contributed by atoms with Crippen molar-refractivity contribution in [2.24, 2.45) is 0 Å². The summed E-state index contributed by atoms with van der Waals surface area (Å²) in [4.78, 5) is 2.16. The van der Waals surface area contributed by atoms with Crippen LogP contribution in [0.4, 0.5) is 4.39 Å². The first-order valence-electron chi connectivity index (χ1n) is 9.53. The summed E-state index contributed by atoms with van der Waals surface area (Å²) in [5.74, 6) is -0.275. The first-order valence-corrected chi connectivity index (χ1v) is 9.53. The zero-order valence-electron chi connectivity index (χ0n) is 16.7. The van der Waals surface area contributed by atoms with Crippen molar-refractivity contribution in [1.82, 2.24) is 19.8 Å². The van der Waals surface area contributed by atoms with Gasteiger partial charge < -0.3 is 4.52 Å². The number of benzene rings is 2. The molecule has 0 saturated carbocycles. The maximum absolute atomic E-state index is 13.9. The molecular weight excluding hydrogens is 367 g/mol. The Labute approximate surface area is 169 Å². The van der Waals surface area contributed by atoms with Crippen LogP contribution in [0.15, 0.2) is 71.6 Å². The zero-order valence-corrected chi connectivity index (χ0v) is 16.7. The summed E-state index contributed by atoms with van der Waals surface area (Å²) in [6, 6.07) is 16.6. The van der Waals surface area contributed by atoms with Crippen LogP contribution in [0.1, 0.15) is 29.8 Å². The van der Waals surface area contributed by atoms with Crippen LogP contribution in [-0.4, -0.2) is 26.9 Å². The molecule has 0 aliphatic rings. The highest BCUT2D eigenvalue weighted by molar-refractivity contribution is 5.63. The van der Waals surface area contributed by atoms with E-state index in [4.69, 9.17) is 9.62 Å². The Morgan fingerprint density at radius 2 is 1.97 bits per heavy atom. The van der Waals surface area contributed by atoms with Gasteiger partial charge in [-0.05, 0) is 50.7 Å². The van der Waals surface area contributed by atoms with Crippen LogP contribution in [-0.2, 0) is 6.54 Å². The van der Waals surface area contributed by atoms with Gasteiger partial charge >= 0.3 is 0 Å². The molecule has 2 aromatic carbocycles. The molecule has 0 saturated heterocycles. The molecule has 0 unspecified atom stereocenters. The Hall–Kier alpha value is -3.25. The Bertz CT molecular complexity index is 1100. The monoisotopic (exact) mass is 390 g/mol. The summed E-state index contributed by atoms with van der Waals surface area (Å²) in [6.45, 7) is 4.76. The lowest BCUT2D eigenvalue weighted by atomic mass is 10.1. The van der Waals surface area contributed by atoms with E-state index in [0.29, 0.717) is 6.54 Å². The molecule has 2 aromatic heterocycles. The molecule has 4 aromatic rings. The summed E-state index contributed by atoms with van der Waals surface area (Å²) in [6.07, 6.45) is 3.59. The van der Waals surface area contributed by atoms with Crippen molar-refractivity contribution >= 4 is 0 Å². The third-order valence-electron chi connectivity index (χ3n) is 5.12. The maximum atomic E-state index is 13.9. The van der Waals surface area contributed by atoms with Crippen LogP contribution in [0.25, 0.3) is 16.9 Å². The molecule has 0 aliphatic carbocycles. The number of aryl methyl sites for hydroxylation is 1. The average Bonchev–Trinajstić information content (AvgIpc) is 3.38. The Kier molecular flexibility index (Phi) is 5.27. The maximum Gasteiger partial charge on any atom is 0.124 e. The average molecular weight is 390 g/mol. The van der Waals surface area contributed by atoms with Gasteiger partial charge in [-0.15, -0.1) is 0 Å². The number of rotatable bonds is 6. The van der Waals surface area contributed by atoms with E-state index in [0.717, 1.165) is 33.8 Å². The molecule has 6 heteroatoms. The predicted octanol–water partition coefficient (Wildman–Crippen LogP) is 5.17. The summed E-state index contributed by atoms with van der Waals surface area (Å²) in [5.41, 5.74) is 5.53. The Balaban J connectivity index is 1.72. The first-order chi connectivity index (χ1) is 14.0. The second-order valence-electron chi connectivity index (χ2n) is 7.31. The van der Waals surface area contributed by atoms with E-state index >= 15 is 0 Å². The smallest absolute Gasteiger partial charge is 0.124 e. The van der Waals surface area contributed by atoms with Crippen LogP contribution in [0.3, 0.4) is 0 Å². The lowest BCUT2D eigenvalue weighted by Crippen LogP contribution is -2.22. The summed E-state index contributed by atoms with van der Waals surface area (Å²) in [5, 5.41) is 8.84. The molecule has 5 nitrogen and oxygen atoms in total. The normalized spacial score (nSPS) is 12.4. The van der Waals surface area contributed by atoms with Crippen molar-refractivity contribution in [1.29, 1.82) is 0 Å².